The Labute approximate surface area is 60.4 Å². The summed E-state index contributed by atoms with van der Waals surface area (Å²) in [7, 11) is 0. The van der Waals surface area contributed by atoms with E-state index in [4.69, 9.17) is 21.2 Å². The highest BCUT2D eigenvalue weighted by Crippen LogP contribution is 2.23. The van der Waals surface area contributed by atoms with Crippen LogP contribution in [0.4, 0.5) is 0 Å². The molecule has 0 atom stereocenters. The fourth-order valence-corrected chi connectivity index (χ4v) is 0.961. The number of hydrogen-bond acceptors (Lipinski definition) is 4. The van der Waals surface area contributed by atoms with E-state index in [2.05, 4.69) is 0 Å². The van der Waals surface area contributed by atoms with Crippen LogP contribution in [-0.2, 0) is 9.78 Å². The van der Waals surface area contributed by atoms with Crippen molar-refractivity contribution in [2.75, 3.05) is 26.3 Å². The average Bonchev–Trinajstić information content (AvgIpc) is 2.06. The van der Waals surface area contributed by atoms with E-state index in [-0.39, 0.29) is 5.41 Å². The van der Waals surface area contributed by atoms with Crippen LogP contribution < -0.4 is 11.5 Å². The van der Waals surface area contributed by atoms with Gasteiger partial charge in [-0.2, -0.15) is 0 Å². The fraction of sp³-hybridized carbons (Fsp3) is 1.00. The maximum Gasteiger partial charge on any atom is 0.0903 e. The van der Waals surface area contributed by atoms with Gasteiger partial charge in [-0.15, -0.1) is 0 Å². The summed E-state index contributed by atoms with van der Waals surface area (Å²) < 4.78 is 0. The smallest absolute Gasteiger partial charge is 0.0903 e. The number of hydrogen-bond donors (Lipinski definition) is 2. The van der Waals surface area contributed by atoms with Gasteiger partial charge in [-0.3, -0.25) is 0 Å². The van der Waals surface area contributed by atoms with Crippen molar-refractivity contribution in [3.8, 4) is 0 Å². The van der Waals surface area contributed by atoms with E-state index in [0.29, 0.717) is 26.3 Å². The Kier molecular flexibility index (Phi) is 2.62. The third-order valence-electron chi connectivity index (χ3n) is 2.03. The molecule has 0 aromatic rings. The van der Waals surface area contributed by atoms with E-state index >= 15 is 0 Å². The van der Waals surface area contributed by atoms with Gasteiger partial charge in [0.1, 0.15) is 0 Å². The second-order valence-corrected chi connectivity index (χ2v) is 2.74. The molecule has 0 aromatic carbocycles. The van der Waals surface area contributed by atoms with Crippen LogP contribution in [-0.4, -0.2) is 26.3 Å². The lowest BCUT2D eigenvalue weighted by Crippen LogP contribution is -2.45. The molecule has 4 nitrogen and oxygen atoms in total. The summed E-state index contributed by atoms with van der Waals surface area (Å²) in [5.74, 6) is 0. The van der Waals surface area contributed by atoms with E-state index < -0.39 is 0 Å². The van der Waals surface area contributed by atoms with Crippen LogP contribution in [0.1, 0.15) is 6.42 Å². The zero-order chi connectivity index (χ0) is 7.45. The zero-order valence-electron chi connectivity index (χ0n) is 6.01. The molecule has 4 N–H and O–H groups in total. The molecule has 0 spiro atoms. The highest BCUT2D eigenvalue weighted by Gasteiger charge is 2.30. The summed E-state index contributed by atoms with van der Waals surface area (Å²) >= 11 is 0. The van der Waals surface area contributed by atoms with Crippen molar-refractivity contribution >= 4 is 0 Å². The van der Waals surface area contributed by atoms with E-state index in [0.717, 1.165) is 6.42 Å². The standard InChI is InChI=1S/C6H14N2O2/c7-3-6(4-8)1-2-9-10-5-6/h1-5,7-8H2. The molecule has 4 heteroatoms. The molecule has 60 valence electrons. The fourth-order valence-electron chi connectivity index (χ4n) is 0.961. The molecule has 1 heterocycles. The molecule has 0 saturated carbocycles. The minimum atomic E-state index is -0.0295. The maximum absolute atomic E-state index is 5.53. The lowest BCUT2D eigenvalue weighted by molar-refractivity contribution is -0.337. The molecule has 0 radical (unpaired) electrons. The molecular weight excluding hydrogens is 132 g/mol. The Morgan fingerprint density at radius 3 is 2.20 bits per heavy atom. The van der Waals surface area contributed by atoms with Gasteiger partial charge < -0.3 is 11.5 Å². The predicted molar refractivity (Wildman–Crippen MR) is 37.1 cm³/mol. The van der Waals surface area contributed by atoms with Crippen LogP contribution in [0.25, 0.3) is 0 Å². The number of rotatable bonds is 2. The van der Waals surface area contributed by atoms with Crippen molar-refractivity contribution in [2.45, 2.75) is 6.42 Å². The first kappa shape index (κ1) is 7.94. The van der Waals surface area contributed by atoms with Crippen LogP contribution in [0.5, 0.6) is 0 Å². The average molecular weight is 146 g/mol. The molecule has 1 aliphatic heterocycles. The molecule has 10 heavy (non-hydrogen) atoms. The minimum Gasteiger partial charge on any atom is -0.330 e. The molecule has 1 saturated heterocycles. The molecule has 0 amide bonds. The largest absolute Gasteiger partial charge is 0.330 e. The van der Waals surface area contributed by atoms with Crippen LogP contribution in [0.15, 0.2) is 0 Å². The lowest BCUT2D eigenvalue weighted by atomic mass is 9.85. The summed E-state index contributed by atoms with van der Waals surface area (Å²) in [5.41, 5.74) is 11.0. The minimum absolute atomic E-state index is 0.0295. The summed E-state index contributed by atoms with van der Waals surface area (Å²) in [6.07, 6.45) is 0.903. The zero-order valence-corrected chi connectivity index (χ0v) is 6.01. The Hall–Kier alpha value is -0.160. The van der Waals surface area contributed by atoms with Crippen LogP contribution in [0.2, 0.25) is 0 Å². The first-order chi connectivity index (χ1) is 4.83. The molecule has 1 fully saturated rings. The predicted octanol–water partition coefficient (Wildman–Crippen LogP) is -0.758. The topological polar surface area (TPSA) is 70.5 Å². The molecule has 0 bridgehead atoms. The summed E-state index contributed by atoms with van der Waals surface area (Å²) in [6, 6.07) is 0. The first-order valence-electron chi connectivity index (χ1n) is 3.47. The Balaban J connectivity index is 2.44. The van der Waals surface area contributed by atoms with Crippen molar-refractivity contribution < 1.29 is 9.78 Å². The molecule has 1 aliphatic rings. The van der Waals surface area contributed by atoms with E-state index in [1.807, 2.05) is 0 Å². The molecule has 0 aliphatic carbocycles. The second-order valence-electron chi connectivity index (χ2n) is 2.74. The molecule has 0 unspecified atom stereocenters. The van der Waals surface area contributed by atoms with Gasteiger partial charge in [-0.1, -0.05) is 0 Å². The van der Waals surface area contributed by atoms with Crippen LogP contribution >= 0.6 is 0 Å². The third kappa shape index (κ3) is 1.46. The normalized spacial score (nSPS) is 24.6. The van der Waals surface area contributed by atoms with Crippen LogP contribution in [0, 0.1) is 5.41 Å². The highest BCUT2D eigenvalue weighted by molar-refractivity contribution is 4.81. The Bertz CT molecular complexity index is 95.9. The van der Waals surface area contributed by atoms with Crippen molar-refractivity contribution in [1.82, 2.24) is 0 Å². The second kappa shape index (κ2) is 3.30. The van der Waals surface area contributed by atoms with Gasteiger partial charge in [-0.05, 0) is 6.42 Å². The van der Waals surface area contributed by atoms with E-state index in [1.165, 1.54) is 0 Å². The summed E-state index contributed by atoms with van der Waals surface area (Å²) in [5, 5.41) is 0. The molecule has 1 rings (SSSR count). The Morgan fingerprint density at radius 1 is 1.20 bits per heavy atom. The quantitative estimate of drug-likeness (QED) is 0.502. The van der Waals surface area contributed by atoms with Crippen molar-refractivity contribution in [3.63, 3.8) is 0 Å². The van der Waals surface area contributed by atoms with E-state index in [1.54, 1.807) is 0 Å². The molecular formula is C6H14N2O2. The van der Waals surface area contributed by atoms with Crippen molar-refractivity contribution in [2.24, 2.45) is 16.9 Å². The maximum atomic E-state index is 5.53. The van der Waals surface area contributed by atoms with Crippen molar-refractivity contribution in [1.29, 1.82) is 0 Å². The van der Waals surface area contributed by atoms with Gasteiger partial charge >= 0.3 is 0 Å². The van der Waals surface area contributed by atoms with E-state index in [9.17, 15) is 0 Å². The van der Waals surface area contributed by atoms with Gasteiger partial charge in [-0.25, -0.2) is 9.78 Å². The third-order valence-corrected chi connectivity index (χ3v) is 2.03. The molecule has 0 aromatic heterocycles. The van der Waals surface area contributed by atoms with Crippen LogP contribution in [0.3, 0.4) is 0 Å². The van der Waals surface area contributed by atoms with Gasteiger partial charge in [0.25, 0.3) is 0 Å². The Morgan fingerprint density at radius 2 is 1.90 bits per heavy atom. The first-order valence-corrected chi connectivity index (χ1v) is 3.47. The van der Waals surface area contributed by atoms with Gasteiger partial charge in [0.15, 0.2) is 0 Å². The highest BCUT2D eigenvalue weighted by atomic mass is 17.2. The SMILES string of the molecule is NCC1(CN)CCOOC1. The number of nitrogens with two attached hydrogens (primary N) is 2. The summed E-state index contributed by atoms with van der Waals surface area (Å²) in [6.45, 7) is 2.29. The monoisotopic (exact) mass is 146 g/mol. The summed E-state index contributed by atoms with van der Waals surface area (Å²) in [4.78, 5) is 9.52. The lowest BCUT2D eigenvalue weighted by Gasteiger charge is -2.33. The van der Waals surface area contributed by atoms with Crippen molar-refractivity contribution in [3.05, 3.63) is 0 Å². The van der Waals surface area contributed by atoms with Gasteiger partial charge in [0.05, 0.1) is 13.2 Å². The van der Waals surface area contributed by atoms with Gasteiger partial charge in [0.2, 0.25) is 0 Å². The van der Waals surface area contributed by atoms with Gasteiger partial charge in [0, 0.05) is 18.5 Å².